The van der Waals surface area contributed by atoms with Crippen molar-refractivity contribution in [1.82, 2.24) is 9.78 Å². The van der Waals surface area contributed by atoms with Crippen molar-refractivity contribution in [3.05, 3.63) is 47.0 Å². The van der Waals surface area contributed by atoms with Gasteiger partial charge in [0, 0.05) is 13.1 Å². The summed E-state index contributed by atoms with van der Waals surface area (Å²) in [7, 11) is 1.93. The summed E-state index contributed by atoms with van der Waals surface area (Å²) in [6.45, 7) is 6.06. The van der Waals surface area contributed by atoms with E-state index in [1.807, 2.05) is 37.7 Å². The zero-order valence-electron chi connectivity index (χ0n) is 11.9. The van der Waals surface area contributed by atoms with Crippen LogP contribution in [0.5, 0.6) is 0 Å². The molecule has 1 atom stereocenters. The Morgan fingerprint density at radius 3 is 2.58 bits per heavy atom. The molecular formula is C15H20FN3. The van der Waals surface area contributed by atoms with Crippen LogP contribution in [0.25, 0.3) is 0 Å². The monoisotopic (exact) mass is 261 g/mol. The molecule has 0 saturated carbocycles. The Morgan fingerprint density at radius 2 is 2.00 bits per heavy atom. The molecule has 0 aliphatic carbocycles. The molecule has 0 aliphatic rings. The molecule has 2 aromatic rings. The number of anilines is 1. The smallest absolute Gasteiger partial charge is 0.126 e. The highest BCUT2D eigenvalue weighted by Gasteiger charge is 2.13. The first-order chi connectivity index (χ1) is 8.99. The summed E-state index contributed by atoms with van der Waals surface area (Å²) in [6.07, 6.45) is 0.653. The maximum atomic E-state index is 13.6. The zero-order valence-corrected chi connectivity index (χ0v) is 11.9. The molecule has 0 spiro atoms. The number of halogens is 1. The number of nitrogens with zero attached hydrogens (tertiary/aromatic N) is 2. The highest BCUT2D eigenvalue weighted by atomic mass is 19.1. The standard InChI is InChI=1S/C15H20FN3/c1-10(9-13-7-5-6-8-14(13)16)17-15-11(2)18-19(4)12(15)3/h5-8,10,17H,9H2,1-4H3. The third-order valence-electron chi connectivity index (χ3n) is 3.38. The van der Waals surface area contributed by atoms with Gasteiger partial charge in [-0.1, -0.05) is 18.2 Å². The van der Waals surface area contributed by atoms with E-state index in [1.165, 1.54) is 6.07 Å². The van der Waals surface area contributed by atoms with Crippen LogP contribution >= 0.6 is 0 Å². The third kappa shape index (κ3) is 2.95. The molecule has 1 aromatic heterocycles. The number of benzene rings is 1. The van der Waals surface area contributed by atoms with Crippen LogP contribution in [0.2, 0.25) is 0 Å². The number of nitrogens with one attached hydrogen (secondary N) is 1. The topological polar surface area (TPSA) is 29.9 Å². The molecule has 1 aromatic carbocycles. The van der Waals surface area contributed by atoms with Gasteiger partial charge in [0.05, 0.1) is 17.1 Å². The summed E-state index contributed by atoms with van der Waals surface area (Å²) in [5.41, 5.74) is 3.85. The lowest BCUT2D eigenvalue weighted by molar-refractivity contribution is 0.601. The van der Waals surface area contributed by atoms with Crippen LogP contribution in [0.1, 0.15) is 23.9 Å². The predicted octanol–water partition coefficient (Wildman–Crippen LogP) is 3.22. The average molecular weight is 261 g/mol. The highest BCUT2D eigenvalue weighted by Crippen LogP contribution is 2.20. The van der Waals surface area contributed by atoms with E-state index in [4.69, 9.17) is 0 Å². The van der Waals surface area contributed by atoms with Crippen molar-refractivity contribution >= 4 is 5.69 Å². The molecule has 1 heterocycles. The van der Waals surface area contributed by atoms with Gasteiger partial charge in [-0.3, -0.25) is 4.68 Å². The van der Waals surface area contributed by atoms with Crippen LogP contribution in [-0.4, -0.2) is 15.8 Å². The first-order valence-electron chi connectivity index (χ1n) is 6.49. The summed E-state index contributed by atoms with van der Waals surface area (Å²) in [6, 6.07) is 7.07. The average Bonchev–Trinajstić information content (AvgIpc) is 2.59. The van der Waals surface area contributed by atoms with Crippen molar-refractivity contribution < 1.29 is 4.39 Å². The fourth-order valence-corrected chi connectivity index (χ4v) is 2.27. The molecular weight excluding hydrogens is 241 g/mol. The quantitative estimate of drug-likeness (QED) is 0.915. The van der Waals surface area contributed by atoms with E-state index in [2.05, 4.69) is 17.3 Å². The Morgan fingerprint density at radius 1 is 1.32 bits per heavy atom. The third-order valence-corrected chi connectivity index (χ3v) is 3.38. The van der Waals surface area contributed by atoms with Gasteiger partial charge in [0.15, 0.2) is 0 Å². The molecule has 102 valence electrons. The Kier molecular flexibility index (Phi) is 3.88. The van der Waals surface area contributed by atoms with Crippen LogP contribution in [0, 0.1) is 19.7 Å². The van der Waals surface area contributed by atoms with Crippen molar-refractivity contribution in [2.75, 3.05) is 5.32 Å². The van der Waals surface area contributed by atoms with Crippen molar-refractivity contribution in [2.24, 2.45) is 7.05 Å². The second kappa shape index (κ2) is 5.43. The van der Waals surface area contributed by atoms with Crippen molar-refractivity contribution in [3.8, 4) is 0 Å². The lowest BCUT2D eigenvalue weighted by Gasteiger charge is -2.16. The van der Waals surface area contributed by atoms with Gasteiger partial charge in [0.1, 0.15) is 5.82 Å². The Labute approximate surface area is 113 Å². The van der Waals surface area contributed by atoms with E-state index < -0.39 is 0 Å². The van der Waals surface area contributed by atoms with Crippen LogP contribution in [0.3, 0.4) is 0 Å². The van der Waals surface area contributed by atoms with Crippen molar-refractivity contribution in [3.63, 3.8) is 0 Å². The predicted molar refractivity (Wildman–Crippen MR) is 75.9 cm³/mol. The van der Waals surface area contributed by atoms with Gasteiger partial charge < -0.3 is 5.32 Å². The van der Waals surface area contributed by atoms with E-state index in [1.54, 1.807) is 6.07 Å². The van der Waals surface area contributed by atoms with Gasteiger partial charge in [-0.2, -0.15) is 5.10 Å². The fraction of sp³-hybridized carbons (Fsp3) is 0.400. The molecule has 3 nitrogen and oxygen atoms in total. The van der Waals surface area contributed by atoms with Gasteiger partial charge >= 0.3 is 0 Å². The molecule has 0 fully saturated rings. The van der Waals surface area contributed by atoms with Crippen LogP contribution in [0.15, 0.2) is 24.3 Å². The fourth-order valence-electron chi connectivity index (χ4n) is 2.27. The van der Waals surface area contributed by atoms with Crippen molar-refractivity contribution in [2.45, 2.75) is 33.2 Å². The highest BCUT2D eigenvalue weighted by molar-refractivity contribution is 5.52. The van der Waals surface area contributed by atoms with Gasteiger partial charge in [0.2, 0.25) is 0 Å². The number of aryl methyl sites for hydroxylation is 2. The van der Waals surface area contributed by atoms with E-state index in [-0.39, 0.29) is 11.9 Å². The SMILES string of the molecule is Cc1nn(C)c(C)c1NC(C)Cc1ccccc1F. The first kappa shape index (κ1) is 13.6. The van der Waals surface area contributed by atoms with E-state index in [0.29, 0.717) is 6.42 Å². The molecule has 0 bridgehead atoms. The summed E-state index contributed by atoms with van der Waals surface area (Å²) < 4.78 is 15.5. The molecule has 0 amide bonds. The minimum absolute atomic E-state index is 0.143. The Hall–Kier alpha value is -1.84. The number of rotatable bonds is 4. The lowest BCUT2D eigenvalue weighted by atomic mass is 10.1. The second-order valence-electron chi connectivity index (χ2n) is 5.01. The van der Waals surface area contributed by atoms with Crippen LogP contribution in [-0.2, 0) is 13.5 Å². The Balaban J connectivity index is 2.10. The summed E-state index contributed by atoms with van der Waals surface area (Å²) in [5, 5.41) is 7.79. The summed E-state index contributed by atoms with van der Waals surface area (Å²) in [4.78, 5) is 0. The van der Waals surface area contributed by atoms with Gasteiger partial charge in [-0.05, 0) is 38.8 Å². The normalized spacial score (nSPS) is 12.5. The summed E-state index contributed by atoms with van der Waals surface area (Å²) in [5.74, 6) is -0.143. The molecule has 2 rings (SSSR count). The maximum Gasteiger partial charge on any atom is 0.126 e. The van der Waals surface area contributed by atoms with Gasteiger partial charge in [0.25, 0.3) is 0 Å². The number of hydrogen-bond donors (Lipinski definition) is 1. The number of hydrogen-bond acceptors (Lipinski definition) is 2. The summed E-state index contributed by atoms with van der Waals surface area (Å²) >= 11 is 0. The molecule has 0 aliphatic heterocycles. The van der Waals surface area contributed by atoms with E-state index >= 15 is 0 Å². The zero-order chi connectivity index (χ0) is 14.0. The molecule has 19 heavy (non-hydrogen) atoms. The van der Waals surface area contributed by atoms with Crippen LogP contribution < -0.4 is 5.32 Å². The molecule has 1 unspecified atom stereocenters. The molecule has 0 radical (unpaired) electrons. The van der Waals surface area contributed by atoms with Gasteiger partial charge in [-0.25, -0.2) is 4.39 Å². The Bertz CT molecular complexity index is 575. The minimum Gasteiger partial charge on any atom is -0.379 e. The lowest BCUT2D eigenvalue weighted by Crippen LogP contribution is -2.19. The first-order valence-corrected chi connectivity index (χ1v) is 6.49. The van der Waals surface area contributed by atoms with Crippen LogP contribution in [0.4, 0.5) is 10.1 Å². The minimum atomic E-state index is -0.143. The maximum absolute atomic E-state index is 13.6. The molecule has 1 N–H and O–H groups in total. The molecule has 0 saturated heterocycles. The van der Waals surface area contributed by atoms with Gasteiger partial charge in [-0.15, -0.1) is 0 Å². The van der Waals surface area contributed by atoms with Crippen molar-refractivity contribution in [1.29, 1.82) is 0 Å². The number of aromatic nitrogens is 2. The molecule has 4 heteroatoms. The largest absolute Gasteiger partial charge is 0.379 e. The van der Waals surface area contributed by atoms with E-state index in [9.17, 15) is 4.39 Å². The van der Waals surface area contributed by atoms with E-state index in [0.717, 1.165) is 22.6 Å². The second-order valence-corrected chi connectivity index (χ2v) is 5.01.